The lowest BCUT2D eigenvalue weighted by molar-refractivity contribution is -0.145. The fraction of sp³-hybridized carbons (Fsp3) is 0.846. The summed E-state index contributed by atoms with van der Waals surface area (Å²) >= 11 is 0. The lowest BCUT2D eigenvalue weighted by atomic mass is 10.2. The minimum Gasteiger partial charge on any atom is -0.345 e. The third kappa shape index (κ3) is 3.45. The highest BCUT2D eigenvalue weighted by Gasteiger charge is 2.38. The molecule has 1 aliphatic heterocycles. The minimum atomic E-state index is -0.416. The van der Waals surface area contributed by atoms with Gasteiger partial charge in [-0.05, 0) is 31.7 Å². The number of amides is 2. The average Bonchev–Trinajstić information content (AvgIpc) is 3.12. The van der Waals surface area contributed by atoms with E-state index >= 15 is 0 Å². The predicted octanol–water partition coefficient (Wildman–Crippen LogP) is 0.113. The van der Waals surface area contributed by atoms with Crippen molar-refractivity contribution in [1.29, 1.82) is 0 Å². The Hall–Kier alpha value is -1.10. The molecular weight excluding hydrogens is 230 g/mol. The molecule has 5 nitrogen and oxygen atoms in total. The first kappa shape index (κ1) is 13.3. The molecular formula is C13H23N3O2. The molecule has 2 aliphatic rings. The Morgan fingerprint density at radius 2 is 2.17 bits per heavy atom. The van der Waals surface area contributed by atoms with Crippen LogP contribution in [0.2, 0.25) is 0 Å². The molecule has 1 heterocycles. The van der Waals surface area contributed by atoms with Crippen molar-refractivity contribution >= 4 is 11.8 Å². The predicted molar refractivity (Wildman–Crippen MR) is 69.0 cm³/mol. The molecule has 1 saturated carbocycles. The van der Waals surface area contributed by atoms with Gasteiger partial charge in [-0.2, -0.15) is 0 Å². The van der Waals surface area contributed by atoms with Crippen LogP contribution < -0.4 is 10.6 Å². The average molecular weight is 253 g/mol. The van der Waals surface area contributed by atoms with E-state index in [2.05, 4.69) is 17.6 Å². The Kier molecular flexibility index (Phi) is 4.58. The van der Waals surface area contributed by atoms with Crippen LogP contribution >= 0.6 is 0 Å². The largest absolute Gasteiger partial charge is 0.345 e. The Morgan fingerprint density at radius 1 is 1.33 bits per heavy atom. The number of carbonyl (C=O) groups excluding carboxylic acids is 2. The molecule has 2 rings (SSSR count). The number of hydrogen-bond donors (Lipinski definition) is 2. The summed E-state index contributed by atoms with van der Waals surface area (Å²) in [4.78, 5) is 25.5. The Bertz CT molecular complexity index is 311. The molecule has 0 spiro atoms. The standard InChI is InChI=1S/C13H23N3O2/c1-2-4-10-9-11(10)15-12(17)13(18)16-7-3-5-14-6-8-16/h10-11,14H,2-9H2,1H3,(H,15,17). The van der Waals surface area contributed by atoms with Crippen LogP contribution in [0.3, 0.4) is 0 Å². The molecule has 2 amide bonds. The van der Waals surface area contributed by atoms with Gasteiger partial charge in [0, 0.05) is 25.7 Å². The van der Waals surface area contributed by atoms with Crippen LogP contribution in [0.5, 0.6) is 0 Å². The second kappa shape index (κ2) is 6.18. The lowest BCUT2D eigenvalue weighted by Crippen LogP contribution is -2.45. The molecule has 0 bridgehead atoms. The fourth-order valence-corrected chi connectivity index (χ4v) is 2.54. The zero-order valence-electron chi connectivity index (χ0n) is 11.1. The van der Waals surface area contributed by atoms with Gasteiger partial charge in [-0.25, -0.2) is 0 Å². The summed E-state index contributed by atoms with van der Waals surface area (Å²) in [5.41, 5.74) is 0. The van der Waals surface area contributed by atoms with Crippen LogP contribution in [0.4, 0.5) is 0 Å². The summed E-state index contributed by atoms with van der Waals surface area (Å²) in [5.74, 6) is -0.182. The summed E-state index contributed by atoms with van der Waals surface area (Å²) in [6.45, 7) is 5.16. The molecule has 0 radical (unpaired) electrons. The van der Waals surface area contributed by atoms with E-state index in [1.807, 2.05) is 0 Å². The van der Waals surface area contributed by atoms with Crippen molar-refractivity contribution in [3.05, 3.63) is 0 Å². The van der Waals surface area contributed by atoms with Gasteiger partial charge < -0.3 is 15.5 Å². The molecule has 102 valence electrons. The second-order valence-electron chi connectivity index (χ2n) is 5.26. The second-order valence-corrected chi connectivity index (χ2v) is 5.26. The highest BCUT2D eigenvalue weighted by atomic mass is 16.2. The molecule has 0 aromatic carbocycles. The Labute approximate surface area is 108 Å². The smallest absolute Gasteiger partial charge is 0.311 e. The molecule has 2 unspecified atom stereocenters. The molecule has 2 atom stereocenters. The van der Waals surface area contributed by atoms with Gasteiger partial charge in [0.15, 0.2) is 0 Å². The third-order valence-electron chi connectivity index (χ3n) is 3.72. The van der Waals surface area contributed by atoms with Crippen molar-refractivity contribution in [2.75, 3.05) is 26.2 Å². The van der Waals surface area contributed by atoms with E-state index in [1.165, 1.54) is 0 Å². The van der Waals surface area contributed by atoms with Crippen molar-refractivity contribution in [2.45, 2.75) is 38.6 Å². The Morgan fingerprint density at radius 3 is 2.94 bits per heavy atom. The summed E-state index contributed by atoms with van der Waals surface area (Å²) in [7, 11) is 0. The normalized spacial score (nSPS) is 27.5. The van der Waals surface area contributed by atoms with Gasteiger partial charge in [-0.15, -0.1) is 0 Å². The van der Waals surface area contributed by atoms with E-state index in [0.717, 1.165) is 38.8 Å². The van der Waals surface area contributed by atoms with Crippen LogP contribution in [0, 0.1) is 5.92 Å². The molecule has 1 saturated heterocycles. The maximum absolute atomic E-state index is 12.0. The van der Waals surface area contributed by atoms with Crippen molar-refractivity contribution in [2.24, 2.45) is 5.92 Å². The molecule has 2 N–H and O–H groups in total. The summed E-state index contributed by atoms with van der Waals surface area (Å²) in [5, 5.41) is 6.08. The molecule has 0 aromatic rings. The first-order valence-corrected chi connectivity index (χ1v) is 7.03. The topological polar surface area (TPSA) is 61.4 Å². The number of nitrogens with one attached hydrogen (secondary N) is 2. The maximum Gasteiger partial charge on any atom is 0.311 e. The highest BCUT2D eigenvalue weighted by Crippen LogP contribution is 2.34. The first-order chi connectivity index (χ1) is 8.72. The van der Waals surface area contributed by atoms with Crippen molar-refractivity contribution < 1.29 is 9.59 Å². The van der Waals surface area contributed by atoms with E-state index in [9.17, 15) is 9.59 Å². The van der Waals surface area contributed by atoms with E-state index < -0.39 is 5.91 Å². The fourth-order valence-electron chi connectivity index (χ4n) is 2.54. The van der Waals surface area contributed by atoms with Crippen LogP contribution in [0.15, 0.2) is 0 Å². The number of carbonyl (C=O) groups is 2. The van der Waals surface area contributed by atoms with Gasteiger partial charge in [0.25, 0.3) is 0 Å². The van der Waals surface area contributed by atoms with Crippen molar-refractivity contribution in [1.82, 2.24) is 15.5 Å². The third-order valence-corrected chi connectivity index (χ3v) is 3.72. The Balaban J connectivity index is 1.76. The number of nitrogens with zero attached hydrogens (tertiary/aromatic N) is 1. The molecule has 0 aromatic heterocycles. The molecule has 2 fully saturated rings. The van der Waals surface area contributed by atoms with E-state index in [0.29, 0.717) is 19.0 Å². The lowest BCUT2D eigenvalue weighted by Gasteiger charge is -2.19. The zero-order chi connectivity index (χ0) is 13.0. The number of rotatable bonds is 3. The van der Waals surface area contributed by atoms with Crippen molar-refractivity contribution in [3.63, 3.8) is 0 Å². The van der Waals surface area contributed by atoms with Crippen LogP contribution in [-0.4, -0.2) is 48.9 Å². The van der Waals surface area contributed by atoms with Gasteiger partial charge in [0.05, 0.1) is 0 Å². The van der Waals surface area contributed by atoms with E-state index in [4.69, 9.17) is 0 Å². The van der Waals surface area contributed by atoms with Gasteiger partial charge in [0.1, 0.15) is 0 Å². The summed E-state index contributed by atoms with van der Waals surface area (Å²) < 4.78 is 0. The minimum absolute atomic E-state index is 0.242. The number of hydrogen-bond acceptors (Lipinski definition) is 3. The highest BCUT2D eigenvalue weighted by molar-refractivity contribution is 6.35. The van der Waals surface area contributed by atoms with Crippen molar-refractivity contribution in [3.8, 4) is 0 Å². The van der Waals surface area contributed by atoms with Crippen LogP contribution in [0.1, 0.15) is 32.6 Å². The maximum atomic E-state index is 12.0. The molecule has 5 heteroatoms. The van der Waals surface area contributed by atoms with Gasteiger partial charge in [-0.1, -0.05) is 13.3 Å². The van der Waals surface area contributed by atoms with Gasteiger partial charge in [0.2, 0.25) is 0 Å². The van der Waals surface area contributed by atoms with Gasteiger partial charge in [-0.3, -0.25) is 9.59 Å². The van der Waals surface area contributed by atoms with E-state index in [1.54, 1.807) is 4.90 Å². The molecule has 1 aliphatic carbocycles. The summed E-state index contributed by atoms with van der Waals surface area (Å²) in [6, 6.07) is 0.242. The monoisotopic (exact) mass is 253 g/mol. The van der Waals surface area contributed by atoms with Crippen LogP contribution in [0.25, 0.3) is 0 Å². The SMILES string of the molecule is CCCC1CC1NC(=O)C(=O)N1CCCNCC1. The summed E-state index contributed by atoms with van der Waals surface area (Å²) in [6.07, 6.45) is 4.24. The van der Waals surface area contributed by atoms with E-state index in [-0.39, 0.29) is 11.9 Å². The first-order valence-electron chi connectivity index (χ1n) is 7.03. The van der Waals surface area contributed by atoms with Gasteiger partial charge >= 0.3 is 11.8 Å². The van der Waals surface area contributed by atoms with Crippen LogP contribution in [-0.2, 0) is 9.59 Å². The zero-order valence-corrected chi connectivity index (χ0v) is 11.1. The molecule has 18 heavy (non-hydrogen) atoms. The quantitative estimate of drug-likeness (QED) is 0.702.